The molecule has 3 rings (SSSR count). The van der Waals surface area contributed by atoms with E-state index in [0.717, 1.165) is 10.8 Å². The number of esters is 1. The number of benzene rings is 3. The zero-order valence-corrected chi connectivity index (χ0v) is 16.9. The van der Waals surface area contributed by atoms with Gasteiger partial charge in [0.05, 0.1) is 19.6 Å². The Morgan fingerprint density at radius 3 is 2.30 bits per heavy atom. The predicted molar refractivity (Wildman–Crippen MR) is 114 cm³/mol. The van der Waals surface area contributed by atoms with Crippen molar-refractivity contribution in [2.75, 3.05) is 18.6 Å². The molecule has 0 saturated carbocycles. The summed E-state index contributed by atoms with van der Waals surface area (Å²) in [4.78, 5) is 27.3. The smallest absolute Gasteiger partial charge is 0.342 e. The highest BCUT2D eigenvalue weighted by atomic mass is 16.5. The Bertz CT molecular complexity index is 1090. The van der Waals surface area contributed by atoms with E-state index < -0.39 is 18.0 Å². The van der Waals surface area contributed by atoms with Gasteiger partial charge in [0.2, 0.25) is 0 Å². The number of carbonyl (C=O) groups excluding carboxylic acids is 2. The lowest BCUT2D eigenvalue weighted by atomic mass is 10.1. The first-order valence-corrected chi connectivity index (χ1v) is 9.56. The van der Waals surface area contributed by atoms with Crippen molar-refractivity contribution in [3.05, 3.63) is 72.3 Å². The summed E-state index contributed by atoms with van der Waals surface area (Å²) in [6.07, 6.45) is -0.868. The molecule has 6 nitrogen and oxygen atoms in total. The molecule has 1 atom stereocenters. The van der Waals surface area contributed by atoms with Gasteiger partial charge >= 0.3 is 5.97 Å². The highest BCUT2D eigenvalue weighted by molar-refractivity contribution is 6.02. The number of methoxy groups -OCH3 is 1. The third kappa shape index (κ3) is 4.58. The van der Waals surface area contributed by atoms with E-state index in [2.05, 4.69) is 0 Å². The fourth-order valence-corrected chi connectivity index (χ4v) is 3.18. The second kappa shape index (κ2) is 9.57. The molecule has 0 radical (unpaired) electrons. The van der Waals surface area contributed by atoms with Gasteiger partial charge in [-0.05, 0) is 42.0 Å². The van der Waals surface area contributed by atoms with Crippen LogP contribution < -0.4 is 9.64 Å². The number of ether oxygens (including phenoxy) is 2. The summed E-state index contributed by atoms with van der Waals surface area (Å²) in [5.41, 5.74) is 0.892. The van der Waals surface area contributed by atoms with Crippen LogP contribution in [0.5, 0.6) is 5.75 Å². The van der Waals surface area contributed by atoms with Crippen LogP contribution >= 0.6 is 0 Å². The molecule has 0 heterocycles. The average molecular weight is 402 g/mol. The van der Waals surface area contributed by atoms with Gasteiger partial charge in [0.25, 0.3) is 5.91 Å². The van der Waals surface area contributed by atoms with Crippen LogP contribution in [0.3, 0.4) is 0 Å². The van der Waals surface area contributed by atoms with Crippen molar-refractivity contribution in [1.82, 2.24) is 0 Å². The summed E-state index contributed by atoms with van der Waals surface area (Å²) in [6.45, 7) is 1.73. The number of nitrogens with zero attached hydrogens (tertiary/aromatic N) is 2. The lowest BCUT2D eigenvalue weighted by molar-refractivity contribution is -0.126. The van der Waals surface area contributed by atoms with Crippen molar-refractivity contribution in [2.45, 2.75) is 19.4 Å². The molecule has 0 aliphatic heterocycles. The van der Waals surface area contributed by atoms with Crippen molar-refractivity contribution in [1.29, 1.82) is 5.26 Å². The molecule has 30 heavy (non-hydrogen) atoms. The summed E-state index contributed by atoms with van der Waals surface area (Å²) in [5, 5.41) is 10.7. The number of anilines is 1. The standard InChI is InChI=1S/C24H22N2O4/c1-17(23(27)26(14-8-13-25)20-11-4-3-5-12-20)30-24(28)21-15-18-9-6-7-10-19(18)16-22(21)29-2/h3-7,9-12,15-17H,8,14H2,1-2H3/t17-/m1/s1. The number of hydrogen-bond acceptors (Lipinski definition) is 5. The van der Waals surface area contributed by atoms with Gasteiger partial charge in [0, 0.05) is 12.2 Å². The molecular weight excluding hydrogens is 380 g/mol. The van der Waals surface area contributed by atoms with Crippen LogP contribution in [0.1, 0.15) is 23.7 Å². The van der Waals surface area contributed by atoms with E-state index in [1.165, 1.54) is 18.9 Å². The molecule has 3 aromatic rings. The molecule has 0 saturated heterocycles. The van der Waals surface area contributed by atoms with Crippen LogP contribution in [0.25, 0.3) is 10.8 Å². The van der Waals surface area contributed by atoms with Gasteiger partial charge in [-0.25, -0.2) is 4.79 Å². The minimum Gasteiger partial charge on any atom is -0.496 e. The average Bonchev–Trinajstić information content (AvgIpc) is 2.78. The minimum absolute atomic E-state index is 0.166. The van der Waals surface area contributed by atoms with Crippen LogP contribution in [0.15, 0.2) is 66.7 Å². The predicted octanol–water partition coefficient (Wildman–Crippen LogP) is 4.34. The van der Waals surface area contributed by atoms with E-state index in [-0.39, 0.29) is 18.5 Å². The van der Waals surface area contributed by atoms with Crippen LogP contribution in [0.4, 0.5) is 5.69 Å². The maximum Gasteiger partial charge on any atom is 0.342 e. The number of fused-ring (bicyclic) bond motifs is 1. The van der Waals surface area contributed by atoms with Crippen molar-refractivity contribution >= 4 is 28.3 Å². The van der Waals surface area contributed by atoms with E-state index >= 15 is 0 Å². The van der Waals surface area contributed by atoms with Crippen LogP contribution in [-0.4, -0.2) is 31.6 Å². The molecule has 0 aliphatic rings. The van der Waals surface area contributed by atoms with Crippen LogP contribution in [0, 0.1) is 11.3 Å². The second-order valence-electron chi connectivity index (χ2n) is 6.68. The molecular formula is C24H22N2O4. The maximum atomic E-state index is 13.0. The van der Waals surface area contributed by atoms with E-state index in [1.807, 2.05) is 36.4 Å². The van der Waals surface area contributed by atoms with Crippen molar-refractivity contribution in [3.63, 3.8) is 0 Å². The lowest BCUT2D eigenvalue weighted by Crippen LogP contribution is -2.40. The van der Waals surface area contributed by atoms with Crippen LogP contribution in [-0.2, 0) is 9.53 Å². The third-order valence-corrected chi connectivity index (χ3v) is 4.70. The first-order valence-electron chi connectivity index (χ1n) is 9.56. The lowest BCUT2D eigenvalue weighted by Gasteiger charge is -2.25. The van der Waals surface area contributed by atoms with Gasteiger partial charge < -0.3 is 14.4 Å². The van der Waals surface area contributed by atoms with E-state index in [4.69, 9.17) is 14.7 Å². The van der Waals surface area contributed by atoms with Crippen molar-refractivity contribution in [3.8, 4) is 11.8 Å². The van der Waals surface area contributed by atoms with E-state index in [9.17, 15) is 9.59 Å². The first kappa shape index (κ1) is 20.9. The molecule has 0 unspecified atom stereocenters. The largest absolute Gasteiger partial charge is 0.496 e. The molecule has 3 aromatic carbocycles. The van der Waals surface area contributed by atoms with Gasteiger partial charge in [-0.1, -0.05) is 42.5 Å². The van der Waals surface area contributed by atoms with Gasteiger partial charge in [-0.15, -0.1) is 0 Å². The summed E-state index contributed by atoms with van der Waals surface area (Å²) >= 11 is 0. The molecule has 0 aliphatic carbocycles. The number of nitriles is 1. The number of carbonyl (C=O) groups is 2. The topological polar surface area (TPSA) is 79.6 Å². The fraction of sp³-hybridized carbons (Fsp3) is 0.208. The summed E-state index contributed by atoms with van der Waals surface area (Å²) in [6, 6.07) is 22.1. The minimum atomic E-state index is -1.03. The number of rotatable bonds is 7. The summed E-state index contributed by atoms with van der Waals surface area (Å²) < 4.78 is 10.8. The molecule has 1 amide bonds. The molecule has 0 spiro atoms. The van der Waals surface area contributed by atoms with E-state index in [0.29, 0.717) is 11.4 Å². The number of amides is 1. The molecule has 0 fully saturated rings. The second-order valence-corrected chi connectivity index (χ2v) is 6.68. The fourth-order valence-electron chi connectivity index (χ4n) is 3.18. The Kier molecular flexibility index (Phi) is 6.66. The SMILES string of the molecule is COc1cc2ccccc2cc1C(=O)O[C@H](C)C(=O)N(CCC#N)c1ccccc1. The molecule has 6 heteroatoms. The van der Waals surface area contributed by atoms with Crippen molar-refractivity contribution < 1.29 is 19.1 Å². The Hall–Kier alpha value is -3.85. The van der Waals surface area contributed by atoms with Crippen LogP contribution in [0.2, 0.25) is 0 Å². The molecule has 0 N–H and O–H groups in total. The Morgan fingerprint density at radius 2 is 1.67 bits per heavy atom. The highest BCUT2D eigenvalue weighted by Crippen LogP contribution is 2.27. The monoisotopic (exact) mass is 402 g/mol. The summed E-state index contributed by atoms with van der Waals surface area (Å²) in [7, 11) is 1.48. The van der Waals surface area contributed by atoms with Crippen molar-refractivity contribution in [2.24, 2.45) is 0 Å². The third-order valence-electron chi connectivity index (χ3n) is 4.70. The number of hydrogen-bond donors (Lipinski definition) is 0. The maximum absolute atomic E-state index is 13.0. The summed E-state index contributed by atoms with van der Waals surface area (Å²) in [5.74, 6) is -0.668. The highest BCUT2D eigenvalue weighted by Gasteiger charge is 2.26. The Balaban J connectivity index is 1.82. The van der Waals surface area contributed by atoms with Gasteiger partial charge in [0.1, 0.15) is 11.3 Å². The normalized spacial score (nSPS) is 11.4. The quantitative estimate of drug-likeness (QED) is 0.549. The van der Waals surface area contributed by atoms with Gasteiger partial charge in [-0.2, -0.15) is 5.26 Å². The number of para-hydroxylation sites is 1. The molecule has 0 aromatic heterocycles. The van der Waals surface area contributed by atoms with E-state index in [1.54, 1.807) is 36.4 Å². The molecule has 152 valence electrons. The zero-order valence-electron chi connectivity index (χ0n) is 16.9. The molecule has 0 bridgehead atoms. The Morgan fingerprint density at radius 1 is 1.03 bits per heavy atom. The van der Waals surface area contributed by atoms with Gasteiger partial charge in [0.15, 0.2) is 6.10 Å². The zero-order chi connectivity index (χ0) is 21.5. The Labute approximate surface area is 175 Å². The van der Waals surface area contributed by atoms with Gasteiger partial charge in [-0.3, -0.25) is 4.79 Å². The first-order chi connectivity index (χ1) is 14.5.